The number of rotatable bonds is 2. The van der Waals surface area contributed by atoms with Gasteiger partial charge in [0, 0.05) is 12.6 Å². The number of hydrogen-bond donors (Lipinski definition) is 0. The Hall–Kier alpha value is -1.18. The molecule has 0 aromatic carbocycles. The molecule has 0 saturated carbocycles. The van der Waals surface area contributed by atoms with E-state index in [-0.39, 0.29) is 0 Å². The zero-order valence-corrected chi connectivity index (χ0v) is 6.04. The third-order valence-electron chi connectivity index (χ3n) is 1.25. The molecule has 0 aliphatic rings. The van der Waals surface area contributed by atoms with Gasteiger partial charge in [-0.3, -0.25) is 0 Å². The Labute approximate surface area is 60.6 Å². The monoisotopic (exact) mass is 134 g/mol. The van der Waals surface area contributed by atoms with Crippen molar-refractivity contribution in [3.63, 3.8) is 0 Å². The molecule has 1 aromatic rings. The highest BCUT2D eigenvalue weighted by molar-refractivity contribution is 5.40. The average molecular weight is 134 g/mol. The maximum atomic E-state index is 4.18. The first-order chi connectivity index (χ1) is 4.86. The molecular formula is C8H10N2. The van der Waals surface area contributed by atoms with E-state index in [2.05, 4.69) is 16.5 Å². The Morgan fingerprint density at radius 1 is 1.70 bits per heavy atom. The van der Waals surface area contributed by atoms with Gasteiger partial charge >= 0.3 is 0 Å². The topological polar surface area (TPSA) is 25.8 Å². The molecule has 0 fully saturated rings. The van der Waals surface area contributed by atoms with Gasteiger partial charge in [-0.25, -0.2) is 9.97 Å². The molecule has 2 heteroatoms. The Morgan fingerprint density at radius 2 is 2.50 bits per heavy atom. The van der Waals surface area contributed by atoms with Crippen LogP contribution in [-0.2, 0) is 6.42 Å². The molecular weight excluding hydrogens is 124 g/mol. The smallest absolute Gasteiger partial charge is 0.128 e. The summed E-state index contributed by atoms with van der Waals surface area (Å²) >= 11 is 0. The molecule has 0 saturated heterocycles. The van der Waals surface area contributed by atoms with Crippen molar-refractivity contribution < 1.29 is 0 Å². The molecule has 1 rings (SSSR count). The molecule has 10 heavy (non-hydrogen) atoms. The van der Waals surface area contributed by atoms with Crippen molar-refractivity contribution in [3.05, 3.63) is 30.4 Å². The minimum Gasteiger partial charge on any atom is -0.241 e. The van der Waals surface area contributed by atoms with Gasteiger partial charge < -0.3 is 0 Å². The summed E-state index contributed by atoms with van der Waals surface area (Å²) in [6.45, 7) is 5.65. The fourth-order valence-corrected chi connectivity index (χ4v) is 0.699. The lowest BCUT2D eigenvalue weighted by atomic mass is 10.4. The SMILES string of the molecule is C=Cc1ccnc(CC)n1. The van der Waals surface area contributed by atoms with Crippen LogP contribution < -0.4 is 0 Å². The van der Waals surface area contributed by atoms with Crippen molar-refractivity contribution in [1.82, 2.24) is 9.97 Å². The zero-order valence-electron chi connectivity index (χ0n) is 6.04. The van der Waals surface area contributed by atoms with Crippen LogP contribution in [-0.4, -0.2) is 9.97 Å². The second-order valence-electron chi connectivity index (χ2n) is 1.96. The van der Waals surface area contributed by atoms with E-state index in [0.717, 1.165) is 17.9 Å². The molecule has 0 aliphatic heterocycles. The lowest BCUT2D eigenvalue weighted by Gasteiger charge is -1.94. The molecule has 52 valence electrons. The zero-order chi connectivity index (χ0) is 7.40. The summed E-state index contributed by atoms with van der Waals surface area (Å²) < 4.78 is 0. The van der Waals surface area contributed by atoms with Crippen LogP contribution in [0.15, 0.2) is 18.8 Å². The summed E-state index contributed by atoms with van der Waals surface area (Å²) in [4.78, 5) is 8.23. The minimum absolute atomic E-state index is 0.873. The number of nitrogens with zero attached hydrogens (tertiary/aromatic N) is 2. The van der Waals surface area contributed by atoms with Crippen LogP contribution in [0.25, 0.3) is 6.08 Å². The second-order valence-corrected chi connectivity index (χ2v) is 1.96. The molecule has 0 bridgehead atoms. The second kappa shape index (κ2) is 3.11. The third-order valence-corrected chi connectivity index (χ3v) is 1.25. The van der Waals surface area contributed by atoms with Gasteiger partial charge in [0.1, 0.15) is 5.82 Å². The largest absolute Gasteiger partial charge is 0.241 e. The van der Waals surface area contributed by atoms with Crippen LogP contribution >= 0.6 is 0 Å². The van der Waals surface area contributed by atoms with E-state index in [1.165, 1.54) is 0 Å². The predicted molar refractivity (Wildman–Crippen MR) is 41.5 cm³/mol. The maximum Gasteiger partial charge on any atom is 0.128 e. The normalized spacial score (nSPS) is 9.30. The number of aryl methyl sites for hydroxylation is 1. The van der Waals surface area contributed by atoms with Crippen LogP contribution in [0.3, 0.4) is 0 Å². The van der Waals surface area contributed by atoms with E-state index in [1.807, 2.05) is 13.0 Å². The molecule has 1 aromatic heterocycles. The van der Waals surface area contributed by atoms with Gasteiger partial charge in [-0.15, -0.1) is 0 Å². The van der Waals surface area contributed by atoms with Gasteiger partial charge in [0.2, 0.25) is 0 Å². The van der Waals surface area contributed by atoms with Crippen LogP contribution in [0.4, 0.5) is 0 Å². The molecule has 0 spiro atoms. The Kier molecular flexibility index (Phi) is 2.15. The highest BCUT2D eigenvalue weighted by Gasteiger charge is 1.90. The Bertz CT molecular complexity index is 230. The van der Waals surface area contributed by atoms with E-state index in [9.17, 15) is 0 Å². The fraction of sp³-hybridized carbons (Fsp3) is 0.250. The van der Waals surface area contributed by atoms with Gasteiger partial charge in [-0.2, -0.15) is 0 Å². The van der Waals surface area contributed by atoms with Crippen molar-refractivity contribution in [2.75, 3.05) is 0 Å². The van der Waals surface area contributed by atoms with Crippen LogP contribution in [0.1, 0.15) is 18.4 Å². The lowest BCUT2D eigenvalue weighted by molar-refractivity contribution is 0.934. The lowest BCUT2D eigenvalue weighted by Crippen LogP contribution is -1.92. The van der Waals surface area contributed by atoms with E-state index in [4.69, 9.17) is 0 Å². The Morgan fingerprint density at radius 3 is 3.10 bits per heavy atom. The van der Waals surface area contributed by atoms with Gasteiger partial charge in [0.25, 0.3) is 0 Å². The molecule has 0 N–H and O–H groups in total. The summed E-state index contributed by atoms with van der Waals surface area (Å²) in [6, 6.07) is 1.84. The van der Waals surface area contributed by atoms with Gasteiger partial charge in [0.05, 0.1) is 5.69 Å². The average Bonchev–Trinajstić information content (AvgIpc) is 2.05. The Balaban J connectivity index is 2.98. The van der Waals surface area contributed by atoms with E-state index < -0.39 is 0 Å². The standard InChI is InChI=1S/C8H10N2/c1-3-7-5-6-9-8(4-2)10-7/h3,5-6H,1,4H2,2H3. The number of hydrogen-bond acceptors (Lipinski definition) is 2. The first-order valence-corrected chi connectivity index (χ1v) is 3.31. The van der Waals surface area contributed by atoms with Crippen LogP contribution in [0.5, 0.6) is 0 Å². The van der Waals surface area contributed by atoms with Gasteiger partial charge in [0.15, 0.2) is 0 Å². The molecule has 0 amide bonds. The molecule has 0 atom stereocenters. The molecule has 0 radical (unpaired) electrons. The number of aromatic nitrogens is 2. The van der Waals surface area contributed by atoms with E-state index >= 15 is 0 Å². The fourth-order valence-electron chi connectivity index (χ4n) is 0.699. The van der Waals surface area contributed by atoms with Crippen molar-refractivity contribution >= 4 is 6.08 Å². The van der Waals surface area contributed by atoms with Crippen LogP contribution in [0.2, 0.25) is 0 Å². The van der Waals surface area contributed by atoms with Crippen molar-refractivity contribution in [3.8, 4) is 0 Å². The van der Waals surface area contributed by atoms with E-state index in [0.29, 0.717) is 0 Å². The third kappa shape index (κ3) is 1.41. The van der Waals surface area contributed by atoms with Gasteiger partial charge in [-0.1, -0.05) is 13.5 Å². The summed E-state index contributed by atoms with van der Waals surface area (Å²) in [7, 11) is 0. The highest BCUT2D eigenvalue weighted by Crippen LogP contribution is 1.96. The highest BCUT2D eigenvalue weighted by atomic mass is 14.9. The van der Waals surface area contributed by atoms with Gasteiger partial charge in [-0.05, 0) is 12.1 Å². The molecule has 2 nitrogen and oxygen atoms in total. The molecule has 1 heterocycles. The quantitative estimate of drug-likeness (QED) is 0.615. The summed E-state index contributed by atoms with van der Waals surface area (Å²) in [6.07, 6.45) is 4.35. The van der Waals surface area contributed by atoms with Crippen molar-refractivity contribution in [2.45, 2.75) is 13.3 Å². The molecule has 0 unspecified atom stereocenters. The van der Waals surface area contributed by atoms with Crippen LogP contribution in [0, 0.1) is 0 Å². The first kappa shape index (κ1) is 6.93. The minimum atomic E-state index is 0.873. The van der Waals surface area contributed by atoms with Crippen molar-refractivity contribution in [2.24, 2.45) is 0 Å². The first-order valence-electron chi connectivity index (χ1n) is 3.31. The summed E-state index contributed by atoms with van der Waals surface area (Å²) in [5, 5.41) is 0. The molecule has 0 aliphatic carbocycles. The summed E-state index contributed by atoms with van der Waals surface area (Å²) in [5.41, 5.74) is 0.895. The predicted octanol–water partition coefficient (Wildman–Crippen LogP) is 1.68. The van der Waals surface area contributed by atoms with E-state index in [1.54, 1.807) is 12.3 Å². The maximum absolute atomic E-state index is 4.18. The summed E-state index contributed by atoms with van der Waals surface area (Å²) in [5.74, 6) is 0.873. The van der Waals surface area contributed by atoms with Crippen molar-refractivity contribution in [1.29, 1.82) is 0 Å².